The maximum atomic E-state index is 5.78. The fraction of sp³-hybridized carbons (Fsp3) is 0.125. The van der Waals surface area contributed by atoms with E-state index in [2.05, 4.69) is 15.2 Å². The van der Waals surface area contributed by atoms with Crippen LogP contribution in [0.2, 0.25) is 5.02 Å². The average Bonchev–Trinajstić information content (AvgIpc) is 2.51. The second-order valence-electron chi connectivity index (χ2n) is 2.81. The van der Waals surface area contributed by atoms with Crippen LogP contribution in [0.5, 0.6) is 0 Å². The summed E-state index contributed by atoms with van der Waals surface area (Å²) < 4.78 is 0. The lowest BCUT2D eigenvalue weighted by Crippen LogP contribution is -2.04. The van der Waals surface area contributed by atoms with Gasteiger partial charge in [0.25, 0.3) is 0 Å². The lowest BCUT2D eigenvalue weighted by molar-refractivity contribution is 0.592. The van der Waals surface area contributed by atoms with E-state index in [0.717, 1.165) is 5.56 Å². The normalized spacial score (nSPS) is 10.4. The van der Waals surface area contributed by atoms with Gasteiger partial charge in [0.05, 0.1) is 17.8 Å². The SMILES string of the molecule is Nc1cnn(Cc2cncc(Cl)c2)n1. The lowest BCUT2D eigenvalue weighted by Gasteiger charge is -1.99. The smallest absolute Gasteiger partial charge is 0.165 e. The third-order valence-electron chi connectivity index (χ3n) is 1.64. The van der Waals surface area contributed by atoms with Crippen molar-refractivity contribution in [3.63, 3.8) is 0 Å². The van der Waals surface area contributed by atoms with Crippen molar-refractivity contribution in [2.24, 2.45) is 0 Å². The standard InChI is InChI=1S/C8H8ClN5/c9-7-1-6(2-11-3-7)5-14-12-4-8(10)13-14/h1-4H,5H2,(H2,10,13). The fourth-order valence-corrected chi connectivity index (χ4v) is 1.29. The molecule has 0 fully saturated rings. The highest BCUT2D eigenvalue weighted by Crippen LogP contribution is 2.09. The quantitative estimate of drug-likeness (QED) is 0.800. The van der Waals surface area contributed by atoms with Crippen LogP contribution in [0, 0.1) is 0 Å². The van der Waals surface area contributed by atoms with E-state index in [1.807, 2.05) is 6.07 Å². The van der Waals surface area contributed by atoms with Crippen LogP contribution in [0.3, 0.4) is 0 Å². The molecule has 2 heterocycles. The van der Waals surface area contributed by atoms with Gasteiger partial charge in [-0.25, -0.2) is 0 Å². The number of aromatic nitrogens is 4. The van der Waals surface area contributed by atoms with Crippen molar-refractivity contribution in [2.45, 2.75) is 6.54 Å². The van der Waals surface area contributed by atoms with Crippen LogP contribution in [-0.2, 0) is 6.54 Å². The molecular formula is C8H8ClN5. The number of hydrogen-bond acceptors (Lipinski definition) is 4. The maximum absolute atomic E-state index is 5.78. The molecule has 0 aromatic carbocycles. The summed E-state index contributed by atoms with van der Waals surface area (Å²) in [5.41, 5.74) is 6.36. The van der Waals surface area contributed by atoms with Gasteiger partial charge in [-0.1, -0.05) is 11.6 Å². The van der Waals surface area contributed by atoms with Gasteiger partial charge in [-0.3, -0.25) is 4.98 Å². The molecule has 5 nitrogen and oxygen atoms in total. The Balaban J connectivity index is 2.18. The van der Waals surface area contributed by atoms with Crippen LogP contribution in [0.4, 0.5) is 5.82 Å². The molecule has 0 unspecified atom stereocenters. The topological polar surface area (TPSA) is 69.6 Å². The minimum Gasteiger partial charge on any atom is -0.381 e. The van der Waals surface area contributed by atoms with Gasteiger partial charge in [0.2, 0.25) is 0 Å². The number of halogens is 1. The van der Waals surface area contributed by atoms with Crippen molar-refractivity contribution in [2.75, 3.05) is 5.73 Å². The third-order valence-corrected chi connectivity index (χ3v) is 1.85. The summed E-state index contributed by atoms with van der Waals surface area (Å²) in [7, 11) is 0. The van der Waals surface area contributed by atoms with Crippen molar-refractivity contribution >= 4 is 17.4 Å². The molecule has 14 heavy (non-hydrogen) atoms. The Morgan fingerprint density at radius 2 is 2.21 bits per heavy atom. The van der Waals surface area contributed by atoms with Crippen molar-refractivity contribution in [3.8, 4) is 0 Å². The van der Waals surface area contributed by atoms with Gasteiger partial charge in [-0.05, 0) is 11.6 Å². The predicted octanol–water partition coefficient (Wildman–Crippen LogP) is 0.957. The summed E-state index contributed by atoms with van der Waals surface area (Å²) in [5.74, 6) is 0.403. The van der Waals surface area contributed by atoms with Crippen molar-refractivity contribution in [1.82, 2.24) is 20.0 Å². The first-order valence-electron chi connectivity index (χ1n) is 3.99. The molecule has 0 aliphatic rings. The number of nitrogen functional groups attached to an aromatic ring is 1. The minimum absolute atomic E-state index is 0.403. The van der Waals surface area contributed by atoms with Gasteiger partial charge in [0.15, 0.2) is 5.82 Å². The first-order chi connectivity index (χ1) is 6.74. The molecule has 0 bridgehead atoms. The van der Waals surface area contributed by atoms with E-state index in [9.17, 15) is 0 Å². The van der Waals surface area contributed by atoms with E-state index in [1.54, 1.807) is 12.4 Å². The number of rotatable bonds is 2. The zero-order valence-corrected chi connectivity index (χ0v) is 8.02. The monoisotopic (exact) mass is 209 g/mol. The van der Waals surface area contributed by atoms with E-state index in [4.69, 9.17) is 17.3 Å². The second-order valence-corrected chi connectivity index (χ2v) is 3.25. The fourth-order valence-electron chi connectivity index (χ4n) is 1.09. The van der Waals surface area contributed by atoms with Gasteiger partial charge < -0.3 is 5.73 Å². The van der Waals surface area contributed by atoms with E-state index < -0.39 is 0 Å². The van der Waals surface area contributed by atoms with E-state index >= 15 is 0 Å². The first kappa shape index (κ1) is 8.96. The van der Waals surface area contributed by atoms with Crippen LogP contribution in [0.1, 0.15) is 5.56 Å². The molecule has 0 saturated heterocycles. The Bertz CT molecular complexity index is 439. The maximum Gasteiger partial charge on any atom is 0.165 e. The Labute approximate surface area is 85.5 Å². The van der Waals surface area contributed by atoms with Crippen LogP contribution in [0.15, 0.2) is 24.7 Å². The molecule has 6 heteroatoms. The molecule has 2 N–H and O–H groups in total. The second kappa shape index (κ2) is 3.63. The highest BCUT2D eigenvalue weighted by atomic mass is 35.5. The zero-order valence-electron chi connectivity index (χ0n) is 7.26. The zero-order chi connectivity index (χ0) is 9.97. The van der Waals surface area contributed by atoms with Gasteiger partial charge in [0.1, 0.15) is 0 Å². The molecule has 0 amide bonds. The Morgan fingerprint density at radius 3 is 2.86 bits per heavy atom. The van der Waals surface area contributed by atoms with Crippen LogP contribution >= 0.6 is 11.6 Å². The van der Waals surface area contributed by atoms with Gasteiger partial charge >= 0.3 is 0 Å². The van der Waals surface area contributed by atoms with Crippen molar-refractivity contribution < 1.29 is 0 Å². The number of anilines is 1. The van der Waals surface area contributed by atoms with Crippen LogP contribution in [-0.4, -0.2) is 20.0 Å². The Hall–Kier alpha value is -1.62. The highest BCUT2D eigenvalue weighted by Gasteiger charge is 1.99. The van der Waals surface area contributed by atoms with Crippen LogP contribution < -0.4 is 5.73 Å². The molecule has 72 valence electrons. The summed E-state index contributed by atoms with van der Waals surface area (Å²) in [6.07, 6.45) is 4.79. The average molecular weight is 210 g/mol. The number of nitrogens with two attached hydrogens (primary N) is 1. The van der Waals surface area contributed by atoms with Gasteiger partial charge in [-0.15, -0.1) is 5.10 Å². The summed E-state index contributed by atoms with van der Waals surface area (Å²) in [6.45, 7) is 0.519. The van der Waals surface area contributed by atoms with Crippen molar-refractivity contribution in [3.05, 3.63) is 35.2 Å². The molecule has 2 aromatic heterocycles. The van der Waals surface area contributed by atoms with Gasteiger partial charge in [0, 0.05) is 12.4 Å². The number of nitrogens with zero attached hydrogens (tertiary/aromatic N) is 4. The minimum atomic E-state index is 0.403. The molecule has 0 aliphatic carbocycles. The predicted molar refractivity (Wildman–Crippen MR) is 52.8 cm³/mol. The summed E-state index contributed by atoms with van der Waals surface area (Å²) in [5, 5.41) is 8.50. The summed E-state index contributed by atoms with van der Waals surface area (Å²) in [6, 6.07) is 1.81. The van der Waals surface area contributed by atoms with Crippen molar-refractivity contribution in [1.29, 1.82) is 0 Å². The summed E-state index contributed by atoms with van der Waals surface area (Å²) >= 11 is 5.78. The molecule has 0 saturated carbocycles. The molecule has 0 atom stereocenters. The third kappa shape index (κ3) is 2.00. The number of hydrogen-bond donors (Lipinski definition) is 1. The summed E-state index contributed by atoms with van der Waals surface area (Å²) in [4.78, 5) is 5.44. The molecule has 0 aliphatic heterocycles. The molecule has 0 radical (unpaired) electrons. The molecule has 0 spiro atoms. The lowest BCUT2D eigenvalue weighted by atomic mass is 10.3. The molecule has 2 rings (SSSR count). The number of pyridine rings is 1. The van der Waals surface area contributed by atoms with E-state index in [-0.39, 0.29) is 0 Å². The Kier molecular flexibility index (Phi) is 2.32. The highest BCUT2D eigenvalue weighted by molar-refractivity contribution is 6.30. The van der Waals surface area contributed by atoms with Crippen LogP contribution in [0.25, 0.3) is 0 Å². The largest absolute Gasteiger partial charge is 0.381 e. The van der Waals surface area contributed by atoms with Gasteiger partial charge in [-0.2, -0.15) is 9.90 Å². The Morgan fingerprint density at radius 1 is 1.36 bits per heavy atom. The van der Waals surface area contributed by atoms with E-state index in [1.165, 1.54) is 11.0 Å². The molecular weight excluding hydrogens is 202 g/mol. The first-order valence-corrected chi connectivity index (χ1v) is 4.37. The molecule has 2 aromatic rings. The van der Waals surface area contributed by atoms with E-state index in [0.29, 0.717) is 17.4 Å².